The van der Waals surface area contributed by atoms with Crippen LogP contribution < -0.4 is 5.32 Å². The van der Waals surface area contributed by atoms with Gasteiger partial charge in [0.2, 0.25) is 5.91 Å². The van der Waals surface area contributed by atoms with E-state index >= 15 is 0 Å². The first-order valence-corrected chi connectivity index (χ1v) is 5.44. The molecular formula is C14H11NO2. The van der Waals surface area contributed by atoms with Gasteiger partial charge in [0.05, 0.1) is 6.42 Å². The van der Waals surface area contributed by atoms with E-state index in [2.05, 4.69) is 5.32 Å². The molecule has 2 aromatic rings. The normalized spacial score (nSPS) is 13.3. The van der Waals surface area contributed by atoms with Gasteiger partial charge in [-0.3, -0.25) is 4.79 Å². The number of benzene rings is 2. The average Bonchev–Trinajstić information content (AvgIpc) is 2.69. The minimum absolute atomic E-state index is 0.0443. The van der Waals surface area contributed by atoms with Crippen LogP contribution in [0, 0.1) is 0 Å². The van der Waals surface area contributed by atoms with Crippen LogP contribution in [0.5, 0.6) is 5.75 Å². The van der Waals surface area contributed by atoms with Crippen molar-refractivity contribution in [2.24, 2.45) is 0 Å². The van der Waals surface area contributed by atoms with Crippen LogP contribution in [-0.2, 0) is 11.2 Å². The van der Waals surface area contributed by atoms with Crippen molar-refractivity contribution in [1.82, 2.24) is 0 Å². The minimum atomic E-state index is 0.0443. The third kappa shape index (κ3) is 1.76. The lowest BCUT2D eigenvalue weighted by atomic mass is 10.0. The molecule has 2 aromatic carbocycles. The molecule has 1 heterocycles. The molecule has 3 nitrogen and oxygen atoms in total. The molecule has 0 aliphatic carbocycles. The largest absolute Gasteiger partial charge is 0.508 e. The molecule has 1 aliphatic heterocycles. The SMILES string of the molecule is O=C1Cc2cc(-c3ccc(O)cc3)ccc2N1. The highest BCUT2D eigenvalue weighted by Crippen LogP contribution is 2.29. The molecule has 0 bridgehead atoms. The van der Waals surface area contributed by atoms with Crippen molar-refractivity contribution in [3.8, 4) is 16.9 Å². The standard InChI is InChI=1S/C14H11NO2/c16-12-4-1-9(2-5-12)10-3-6-13-11(7-10)8-14(17)15-13/h1-7,16H,8H2,(H,15,17). The fourth-order valence-corrected chi connectivity index (χ4v) is 2.06. The monoisotopic (exact) mass is 225 g/mol. The highest BCUT2D eigenvalue weighted by atomic mass is 16.3. The first-order chi connectivity index (χ1) is 8.22. The Hall–Kier alpha value is -2.29. The molecule has 3 heteroatoms. The van der Waals surface area contributed by atoms with E-state index in [-0.39, 0.29) is 11.7 Å². The molecule has 0 atom stereocenters. The Morgan fingerprint density at radius 2 is 1.71 bits per heavy atom. The minimum Gasteiger partial charge on any atom is -0.508 e. The van der Waals surface area contributed by atoms with Gasteiger partial charge in [0.25, 0.3) is 0 Å². The summed E-state index contributed by atoms with van der Waals surface area (Å²) in [6, 6.07) is 12.9. The lowest BCUT2D eigenvalue weighted by molar-refractivity contribution is -0.115. The lowest BCUT2D eigenvalue weighted by Crippen LogP contribution is -2.03. The van der Waals surface area contributed by atoms with E-state index in [1.165, 1.54) is 0 Å². The van der Waals surface area contributed by atoms with Gasteiger partial charge in [0, 0.05) is 5.69 Å². The van der Waals surface area contributed by atoms with Gasteiger partial charge >= 0.3 is 0 Å². The van der Waals surface area contributed by atoms with Gasteiger partial charge in [-0.1, -0.05) is 18.2 Å². The number of hydrogen-bond acceptors (Lipinski definition) is 2. The zero-order valence-corrected chi connectivity index (χ0v) is 9.10. The Labute approximate surface area is 98.7 Å². The van der Waals surface area contributed by atoms with Crippen molar-refractivity contribution >= 4 is 11.6 Å². The summed E-state index contributed by atoms with van der Waals surface area (Å²) < 4.78 is 0. The molecule has 17 heavy (non-hydrogen) atoms. The van der Waals surface area contributed by atoms with E-state index in [9.17, 15) is 9.90 Å². The van der Waals surface area contributed by atoms with Crippen molar-refractivity contribution in [3.05, 3.63) is 48.0 Å². The Balaban J connectivity index is 2.03. The summed E-state index contributed by atoms with van der Waals surface area (Å²) in [5.74, 6) is 0.301. The van der Waals surface area contributed by atoms with Gasteiger partial charge in [-0.2, -0.15) is 0 Å². The number of hydrogen-bond donors (Lipinski definition) is 2. The summed E-state index contributed by atoms with van der Waals surface area (Å²) in [6.07, 6.45) is 0.446. The molecule has 1 aliphatic rings. The predicted octanol–water partition coefficient (Wildman–Crippen LogP) is 2.55. The number of carbonyl (C=O) groups excluding carboxylic acids is 1. The molecule has 3 rings (SSSR count). The highest BCUT2D eigenvalue weighted by molar-refractivity contribution is 5.99. The maximum atomic E-state index is 11.2. The third-order valence-electron chi connectivity index (χ3n) is 2.93. The van der Waals surface area contributed by atoms with E-state index in [0.717, 1.165) is 22.4 Å². The fraction of sp³-hybridized carbons (Fsp3) is 0.0714. The molecule has 1 amide bonds. The number of carbonyl (C=O) groups is 1. The number of phenols is 1. The maximum absolute atomic E-state index is 11.2. The second-order valence-corrected chi connectivity index (χ2v) is 4.14. The highest BCUT2D eigenvalue weighted by Gasteiger charge is 2.17. The quantitative estimate of drug-likeness (QED) is 0.783. The van der Waals surface area contributed by atoms with Crippen LogP contribution in [0.2, 0.25) is 0 Å². The Morgan fingerprint density at radius 1 is 1.00 bits per heavy atom. The molecule has 0 aromatic heterocycles. The summed E-state index contributed by atoms with van der Waals surface area (Å²) in [5.41, 5.74) is 4.02. The Bertz CT molecular complexity index is 588. The molecule has 2 N–H and O–H groups in total. The van der Waals surface area contributed by atoms with Crippen LogP contribution in [0.1, 0.15) is 5.56 Å². The van der Waals surface area contributed by atoms with E-state index < -0.39 is 0 Å². The number of anilines is 1. The van der Waals surface area contributed by atoms with Gasteiger partial charge in [0.1, 0.15) is 5.75 Å². The van der Waals surface area contributed by atoms with Crippen molar-refractivity contribution in [2.75, 3.05) is 5.32 Å². The average molecular weight is 225 g/mol. The number of nitrogens with one attached hydrogen (secondary N) is 1. The molecule has 0 fully saturated rings. The van der Waals surface area contributed by atoms with Crippen LogP contribution in [0.15, 0.2) is 42.5 Å². The number of rotatable bonds is 1. The second-order valence-electron chi connectivity index (χ2n) is 4.14. The first kappa shape index (κ1) is 9.90. The molecule has 0 saturated carbocycles. The van der Waals surface area contributed by atoms with Crippen LogP contribution >= 0.6 is 0 Å². The van der Waals surface area contributed by atoms with Gasteiger partial charge in [-0.15, -0.1) is 0 Å². The van der Waals surface area contributed by atoms with E-state index in [1.54, 1.807) is 12.1 Å². The fourth-order valence-electron chi connectivity index (χ4n) is 2.06. The van der Waals surface area contributed by atoms with Gasteiger partial charge in [-0.05, 0) is 41.0 Å². The van der Waals surface area contributed by atoms with Crippen molar-refractivity contribution < 1.29 is 9.90 Å². The van der Waals surface area contributed by atoms with Crippen molar-refractivity contribution in [1.29, 1.82) is 0 Å². The maximum Gasteiger partial charge on any atom is 0.228 e. The number of aromatic hydroxyl groups is 1. The zero-order valence-electron chi connectivity index (χ0n) is 9.10. The summed E-state index contributed by atoms with van der Waals surface area (Å²) in [4.78, 5) is 11.2. The zero-order chi connectivity index (χ0) is 11.8. The van der Waals surface area contributed by atoms with Gasteiger partial charge < -0.3 is 10.4 Å². The van der Waals surface area contributed by atoms with Crippen LogP contribution in [0.25, 0.3) is 11.1 Å². The molecule has 0 unspecified atom stereocenters. The van der Waals surface area contributed by atoms with Crippen LogP contribution in [0.3, 0.4) is 0 Å². The van der Waals surface area contributed by atoms with Crippen LogP contribution in [0.4, 0.5) is 5.69 Å². The smallest absolute Gasteiger partial charge is 0.228 e. The van der Waals surface area contributed by atoms with Gasteiger partial charge in [0.15, 0.2) is 0 Å². The predicted molar refractivity (Wildman–Crippen MR) is 65.9 cm³/mol. The van der Waals surface area contributed by atoms with E-state index in [0.29, 0.717) is 6.42 Å². The lowest BCUT2D eigenvalue weighted by Gasteiger charge is -2.04. The first-order valence-electron chi connectivity index (χ1n) is 5.44. The van der Waals surface area contributed by atoms with Crippen LogP contribution in [-0.4, -0.2) is 11.0 Å². The molecule has 0 spiro atoms. The molecule has 84 valence electrons. The summed E-state index contributed by atoms with van der Waals surface area (Å²) in [7, 11) is 0. The van der Waals surface area contributed by atoms with Crippen molar-refractivity contribution in [3.63, 3.8) is 0 Å². The summed E-state index contributed by atoms with van der Waals surface area (Å²) >= 11 is 0. The van der Waals surface area contributed by atoms with E-state index in [1.807, 2.05) is 30.3 Å². The van der Waals surface area contributed by atoms with E-state index in [4.69, 9.17) is 0 Å². The van der Waals surface area contributed by atoms with Crippen molar-refractivity contribution in [2.45, 2.75) is 6.42 Å². The summed E-state index contributed by atoms with van der Waals surface area (Å²) in [5, 5.41) is 12.0. The Kier molecular flexibility index (Phi) is 2.11. The molecule has 0 radical (unpaired) electrons. The third-order valence-corrected chi connectivity index (χ3v) is 2.93. The topological polar surface area (TPSA) is 49.3 Å². The Morgan fingerprint density at radius 3 is 2.47 bits per heavy atom. The summed E-state index contributed by atoms with van der Waals surface area (Å²) in [6.45, 7) is 0. The molecular weight excluding hydrogens is 214 g/mol. The molecule has 0 saturated heterocycles. The number of fused-ring (bicyclic) bond motifs is 1. The van der Waals surface area contributed by atoms with Gasteiger partial charge in [-0.25, -0.2) is 0 Å². The second kappa shape index (κ2) is 3.63. The number of phenolic OH excluding ortho intramolecular Hbond substituents is 1. The number of amides is 1.